The van der Waals surface area contributed by atoms with Crippen molar-refractivity contribution in [2.24, 2.45) is 5.41 Å². The van der Waals surface area contributed by atoms with E-state index in [1.165, 1.54) is 24.3 Å². The molecule has 2 aromatic carbocycles. The lowest BCUT2D eigenvalue weighted by Crippen LogP contribution is -2.41. The molecule has 0 bridgehead atoms. The van der Waals surface area contributed by atoms with Gasteiger partial charge in [-0.15, -0.1) is 0 Å². The second-order valence-electron chi connectivity index (χ2n) is 11.1. The lowest BCUT2D eigenvalue weighted by atomic mass is 9.76. The molecule has 13 heteroatoms. The van der Waals surface area contributed by atoms with Gasteiger partial charge in [-0.05, 0) is 85.0 Å². The highest BCUT2D eigenvalue weighted by molar-refractivity contribution is 6.32. The summed E-state index contributed by atoms with van der Waals surface area (Å²) < 4.78 is 49.4. The molecule has 0 saturated carbocycles. The Bertz CT molecular complexity index is 1490. The Kier molecular flexibility index (Phi) is 8.21. The van der Waals surface area contributed by atoms with E-state index in [1.807, 2.05) is 4.90 Å². The van der Waals surface area contributed by atoms with Crippen LogP contribution in [0.25, 0.3) is 11.1 Å². The molecule has 2 fully saturated rings. The molecular formula is C29H30Cl2F3N5O3. The Labute approximate surface area is 251 Å². The van der Waals surface area contributed by atoms with E-state index in [1.54, 1.807) is 26.0 Å². The van der Waals surface area contributed by atoms with Gasteiger partial charge in [0.2, 0.25) is 17.9 Å². The van der Waals surface area contributed by atoms with Crippen molar-refractivity contribution in [1.82, 2.24) is 15.3 Å². The van der Waals surface area contributed by atoms with Gasteiger partial charge in [0.15, 0.2) is 0 Å². The minimum absolute atomic E-state index is 0.145. The number of halogens is 5. The van der Waals surface area contributed by atoms with Crippen LogP contribution in [0.5, 0.6) is 5.88 Å². The van der Waals surface area contributed by atoms with E-state index >= 15 is 0 Å². The van der Waals surface area contributed by atoms with Gasteiger partial charge in [-0.25, -0.2) is 0 Å². The number of hydrogen-bond acceptors (Lipinski definition) is 7. The maximum Gasteiger partial charge on any atom is 0.429 e. The highest BCUT2D eigenvalue weighted by Gasteiger charge is 2.46. The molecule has 1 aromatic heterocycles. The number of nitrogens with two attached hydrogens (primary N) is 1. The fraction of sp³-hybridized carbons (Fsp3) is 0.414. The van der Waals surface area contributed by atoms with E-state index in [-0.39, 0.29) is 33.4 Å². The molecule has 2 aliphatic heterocycles. The third kappa shape index (κ3) is 6.23. The normalized spacial score (nSPS) is 19.2. The number of aryl methyl sites for hydroxylation is 2. The number of carbonyl (C=O) groups is 1. The van der Waals surface area contributed by atoms with Crippen molar-refractivity contribution in [3.05, 3.63) is 63.1 Å². The number of carboxylic acids is 1. The van der Waals surface area contributed by atoms with Crippen molar-refractivity contribution in [2.75, 3.05) is 30.3 Å². The summed E-state index contributed by atoms with van der Waals surface area (Å²) in [7, 11) is 0. The van der Waals surface area contributed by atoms with Crippen LogP contribution >= 0.6 is 23.2 Å². The topological polar surface area (TPSA) is 114 Å². The molecule has 8 nitrogen and oxygen atoms in total. The molecule has 0 amide bonds. The summed E-state index contributed by atoms with van der Waals surface area (Å²) in [5.74, 6) is -1.08. The Hall–Kier alpha value is -3.28. The van der Waals surface area contributed by atoms with Crippen LogP contribution < -0.4 is 20.7 Å². The molecule has 224 valence electrons. The number of benzene rings is 2. The molecule has 0 aliphatic carbocycles. The van der Waals surface area contributed by atoms with Crippen molar-refractivity contribution in [2.45, 2.75) is 51.4 Å². The fourth-order valence-corrected chi connectivity index (χ4v) is 6.15. The molecule has 1 spiro atoms. The molecule has 2 atom stereocenters. The van der Waals surface area contributed by atoms with Gasteiger partial charge >= 0.3 is 12.1 Å². The maximum atomic E-state index is 14.6. The number of aliphatic carboxylic acids is 1. The number of hydrogen-bond donors (Lipinski definition) is 3. The smallest absolute Gasteiger partial charge is 0.429 e. The first-order valence-corrected chi connectivity index (χ1v) is 14.2. The van der Waals surface area contributed by atoms with Crippen LogP contribution in [0.2, 0.25) is 10.0 Å². The van der Waals surface area contributed by atoms with Crippen LogP contribution in [-0.4, -0.2) is 52.9 Å². The van der Waals surface area contributed by atoms with Gasteiger partial charge in [0, 0.05) is 41.3 Å². The van der Waals surface area contributed by atoms with Gasteiger partial charge in [0.1, 0.15) is 11.9 Å². The molecule has 1 unspecified atom stereocenters. The standard InChI is InChI=1S/C29H30Cl2F3N5O3/c1-15-9-17(10-16(2)24(15)31)20-11-18(30)3-4-19(20)25(29(32,33)34)42-23-12-22(37-27(35)38-23)39-7-5-28(6-8-39)13-21(26(40)41)36-14-28/h3-4,9-12,21,25,36H,5-8,13-14H2,1-2H3,(H,40,41)(H2,35,37,38)/t21-,25?/m0/s1. The van der Waals surface area contributed by atoms with Crippen LogP contribution in [0.15, 0.2) is 36.4 Å². The summed E-state index contributed by atoms with van der Waals surface area (Å²) in [5, 5.41) is 13.2. The Morgan fingerprint density at radius 1 is 1.14 bits per heavy atom. The van der Waals surface area contributed by atoms with Crippen molar-refractivity contribution in [3.8, 4) is 17.0 Å². The van der Waals surface area contributed by atoms with Crippen LogP contribution in [-0.2, 0) is 4.79 Å². The predicted octanol–water partition coefficient (Wildman–Crippen LogP) is 6.36. The number of carboxylic acid groups (broad SMARTS) is 1. The van der Waals surface area contributed by atoms with Gasteiger partial charge in [-0.3, -0.25) is 4.79 Å². The SMILES string of the molecule is Cc1cc(-c2cc(Cl)ccc2C(Oc2cc(N3CCC4(CC3)CN[C@H](C(=O)O)C4)nc(N)n2)C(F)(F)F)cc(C)c1Cl. The van der Waals surface area contributed by atoms with Gasteiger partial charge in [-0.2, -0.15) is 23.1 Å². The summed E-state index contributed by atoms with van der Waals surface area (Å²) in [5.41, 5.74) is 7.83. The summed E-state index contributed by atoms with van der Waals surface area (Å²) in [4.78, 5) is 21.5. The molecule has 3 heterocycles. The van der Waals surface area contributed by atoms with Gasteiger partial charge < -0.3 is 25.8 Å². The lowest BCUT2D eigenvalue weighted by Gasteiger charge is -2.39. The highest BCUT2D eigenvalue weighted by atomic mass is 35.5. The zero-order chi connectivity index (χ0) is 30.4. The molecule has 0 radical (unpaired) electrons. The largest absolute Gasteiger partial charge is 0.480 e. The number of ether oxygens (including phenoxy) is 1. The van der Waals surface area contributed by atoms with E-state index in [2.05, 4.69) is 15.3 Å². The third-order valence-electron chi connectivity index (χ3n) is 8.09. The molecular weight excluding hydrogens is 594 g/mol. The van der Waals surface area contributed by atoms with E-state index in [0.717, 1.165) is 0 Å². The number of piperidine rings is 1. The average molecular weight is 624 g/mol. The first kappa shape index (κ1) is 30.2. The van der Waals surface area contributed by atoms with E-state index < -0.39 is 24.3 Å². The summed E-state index contributed by atoms with van der Waals surface area (Å²) in [6.45, 7) is 5.22. The monoisotopic (exact) mass is 623 g/mol. The molecule has 3 aromatic rings. The fourth-order valence-electron chi connectivity index (χ4n) is 5.87. The predicted molar refractivity (Wildman–Crippen MR) is 155 cm³/mol. The van der Waals surface area contributed by atoms with Crippen LogP contribution in [0, 0.1) is 19.3 Å². The van der Waals surface area contributed by atoms with Gasteiger partial charge in [-0.1, -0.05) is 29.3 Å². The minimum Gasteiger partial charge on any atom is -0.480 e. The van der Waals surface area contributed by atoms with Crippen molar-refractivity contribution in [1.29, 1.82) is 0 Å². The number of alkyl halides is 3. The van der Waals surface area contributed by atoms with E-state index in [0.29, 0.717) is 66.4 Å². The van der Waals surface area contributed by atoms with Crippen molar-refractivity contribution < 1.29 is 27.8 Å². The van der Waals surface area contributed by atoms with Crippen molar-refractivity contribution in [3.63, 3.8) is 0 Å². The number of nitrogens with zero attached hydrogens (tertiary/aromatic N) is 3. The number of nitrogens with one attached hydrogen (secondary N) is 1. The maximum absolute atomic E-state index is 14.6. The molecule has 5 rings (SSSR count). The molecule has 2 aliphatic rings. The van der Waals surface area contributed by atoms with Crippen molar-refractivity contribution >= 4 is 40.9 Å². The second-order valence-corrected chi connectivity index (χ2v) is 11.9. The zero-order valence-electron chi connectivity index (χ0n) is 22.9. The Morgan fingerprint density at radius 3 is 2.40 bits per heavy atom. The van der Waals surface area contributed by atoms with Gasteiger partial charge in [0.05, 0.1) is 0 Å². The lowest BCUT2D eigenvalue weighted by molar-refractivity contribution is -0.198. The number of rotatable bonds is 6. The summed E-state index contributed by atoms with van der Waals surface area (Å²) in [6.07, 6.45) is -5.27. The average Bonchev–Trinajstić information content (AvgIpc) is 3.33. The van der Waals surface area contributed by atoms with Gasteiger partial charge in [0.25, 0.3) is 0 Å². The number of anilines is 2. The van der Waals surface area contributed by atoms with E-state index in [9.17, 15) is 23.1 Å². The van der Waals surface area contributed by atoms with Crippen LogP contribution in [0.1, 0.15) is 42.1 Å². The minimum atomic E-state index is -4.81. The Balaban J connectivity index is 1.44. The third-order valence-corrected chi connectivity index (χ3v) is 8.93. The molecule has 2 saturated heterocycles. The summed E-state index contributed by atoms with van der Waals surface area (Å²) in [6, 6.07) is 8.34. The first-order valence-electron chi connectivity index (χ1n) is 13.4. The molecule has 42 heavy (non-hydrogen) atoms. The van der Waals surface area contributed by atoms with E-state index in [4.69, 9.17) is 33.7 Å². The first-order chi connectivity index (χ1) is 19.7. The van der Waals surface area contributed by atoms with Crippen LogP contribution in [0.3, 0.4) is 0 Å². The Morgan fingerprint density at radius 2 is 1.81 bits per heavy atom. The summed E-state index contributed by atoms with van der Waals surface area (Å²) >= 11 is 12.5. The number of aromatic nitrogens is 2. The zero-order valence-corrected chi connectivity index (χ0v) is 24.4. The molecule has 4 N–H and O–H groups in total. The quantitative estimate of drug-likeness (QED) is 0.290. The second kappa shape index (κ2) is 11.4. The number of nitrogen functional groups attached to an aromatic ring is 1. The van der Waals surface area contributed by atoms with Crippen LogP contribution in [0.4, 0.5) is 24.9 Å². The highest BCUT2D eigenvalue weighted by Crippen LogP contribution is 2.44.